The first-order valence-corrected chi connectivity index (χ1v) is 22.7. The van der Waals surface area contributed by atoms with Crippen LogP contribution >= 0.6 is 0 Å². The number of anilines is 4. The summed E-state index contributed by atoms with van der Waals surface area (Å²) in [5.74, 6) is 1.03. The number of fused-ring (bicyclic) bond motifs is 2. The fraction of sp³-hybridized carbons (Fsp3) is 0.294. The highest BCUT2D eigenvalue weighted by Crippen LogP contribution is 2.31. The van der Waals surface area contributed by atoms with Crippen LogP contribution in [0.25, 0.3) is 44.1 Å². The van der Waals surface area contributed by atoms with Crippen molar-refractivity contribution in [3.05, 3.63) is 129 Å². The molecule has 18 heteroatoms. The van der Waals surface area contributed by atoms with E-state index in [1.807, 2.05) is 51.1 Å². The highest BCUT2D eigenvalue weighted by Gasteiger charge is 2.20. The molecule has 18 nitrogen and oxygen atoms in total. The van der Waals surface area contributed by atoms with Crippen LogP contribution in [0.3, 0.4) is 0 Å². The molecule has 0 unspecified atom stereocenters. The molecule has 69 heavy (non-hydrogen) atoms. The summed E-state index contributed by atoms with van der Waals surface area (Å²) in [5.41, 5.74) is 11.0. The van der Waals surface area contributed by atoms with Gasteiger partial charge in [-0.25, -0.2) is 20.9 Å². The fourth-order valence-corrected chi connectivity index (χ4v) is 8.55. The van der Waals surface area contributed by atoms with Crippen molar-refractivity contribution in [2.24, 2.45) is 0 Å². The van der Waals surface area contributed by atoms with Crippen molar-refractivity contribution in [1.82, 2.24) is 30.1 Å². The Morgan fingerprint density at radius 3 is 1.80 bits per heavy atom. The standard InChI is InChI=1S/C51H55N9O9/c1-7-52-46-27-44-36(29-53-46)25-41(50(63)59(44)8-2)33-19-35(24-40(22-33)66-5)49(62)57-69-15-12-31-20-38(10-11-43(31)58-13-16-68-17-14-58)55-47-28-45-37(30-54-47)26-42(51(64)60(45)9-3)32-18-34(48(61)56-67-6)23-39(21-32)65-4/h10-11,18-30H,7-9,12-17H2,1-6H3,(H,52,53)(H,54,55)(H,56,61)(H,57,62). The number of carbonyl (C=O) groups excluding carboxylic acids is 2. The molecule has 1 fully saturated rings. The summed E-state index contributed by atoms with van der Waals surface area (Å²) in [6.07, 6.45) is 3.87. The van der Waals surface area contributed by atoms with Gasteiger partial charge >= 0.3 is 0 Å². The van der Waals surface area contributed by atoms with Crippen molar-refractivity contribution in [2.45, 2.75) is 40.3 Å². The number of benzene rings is 3. The maximum atomic E-state index is 14.1. The van der Waals surface area contributed by atoms with E-state index >= 15 is 0 Å². The molecule has 0 spiro atoms. The maximum absolute atomic E-state index is 14.1. The molecule has 4 N–H and O–H groups in total. The van der Waals surface area contributed by atoms with Gasteiger partial charge in [0.2, 0.25) is 0 Å². The van der Waals surface area contributed by atoms with E-state index in [-0.39, 0.29) is 28.9 Å². The number of nitrogens with one attached hydrogen (secondary N) is 4. The van der Waals surface area contributed by atoms with Gasteiger partial charge in [-0.15, -0.1) is 0 Å². The van der Waals surface area contributed by atoms with Gasteiger partial charge in [0.25, 0.3) is 22.9 Å². The number of nitrogens with zero attached hydrogens (tertiary/aromatic N) is 5. The van der Waals surface area contributed by atoms with Gasteiger partial charge in [-0.3, -0.25) is 28.9 Å². The second-order valence-electron chi connectivity index (χ2n) is 16.1. The first-order valence-electron chi connectivity index (χ1n) is 22.7. The van der Waals surface area contributed by atoms with Crippen molar-refractivity contribution in [3.8, 4) is 33.8 Å². The van der Waals surface area contributed by atoms with Crippen LogP contribution in [0.4, 0.5) is 23.0 Å². The van der Waals surface area contributed by atoms with Gasteiger partial charge < -0.3 is 38.9 Å². The highest BCUT2D eigenvalue weighted by atomic mass is 16.7. The van der Waals surface area contributed by atoms with Crippen LogP contribution in [0.1, 0.15) is 47.1 Å². The van der Waals surface area contributed by atoms with E-state index in [0.29, 0.717) is 103 Å². The zero-order chi connectivity index (χ0) is 48.6. The minimum atomic E-state index is -0.504. The molecule has 4 aromatic heterocycles. The number of hydrogen-bond donors (Lipinski definition) is 4. The van der Waals surface area contributed by atoms with E-state index in [1.54, 1.807) is 70.1 Å². The lowest BCUT2D eigenvalue weighted by atomic mass is 10.0. The second-order valence-corrected chi connectivity index (χ2v) is 16.1. The Morgan fingerprint density at radius 1 is 0.681 bits per heavy atom. The van der Waals surface area contributed by atoms with Gasteiger partial charge in [-0.05, 0) is 104 Å². The van der Waals surface area contributed by atoms with Gasteiger partial charge in [0.05, 0.1) is 52.2 Å². The summed E-state index contributed by atoms with van der Waals surface area (Å²) in [6, 6.07) is 23.2. The molecule has 0 aliphatic carbocycles. The van der Waals surface area contributed by atoms with Crippen molar-refractivity contribution in [3.63, 3.8) is 0 Å². The number of carbonyl (C=O) groups is 2. The number of aryl methyl sites for hydroxylation is 2. The minimum absolute atomic E-state index is 0.141. The molecule has 1 aliphatic rings. The second kappa shape index (κ2) is 21.4. The first kappa shape index (κ1) is 47.7. The summed E-state index contributed by atoms with van der Waals surface area (Å²) in [7, 11) is 4.34. The van der Waals surface area contributed by atoms with Gasteiger partial charge in [-0.1, -0.05) is 0 Å². The van der Waals surface area contributed by atoms with Gasteiger partial charge in [0, 0.05) is 108 Å². The smallest absolute Gasteiger partial charge is 0.274 e. The fourth-order valence-electron chi connectivity index (χ4n) is 8.55. The van der Waals surface area contributed by atoms with Gasteiger partial charge in [0.15, 0.2) is 0 Å². The zero-order valence-electron chi connectivity index (χ0n) is 39.4. The average molecular weight is 938 g/mol. The number of amides is 2. The summed E-state index contributed by atoms with van der Waals surface area (Å²) in [6.45, 7) is 10.1. The molecule has 1 aliphatic heterocycles. The number of ether oxygens (including phenoxy) is 3. The van der Waals surface area contributed by atoms with E-state index < -0.39 is 11.8 Å². The molecule has 0 bridgehead atoms. The van der Waals surface area contributed by atoms with Crippen LogP contribution < -0.4 is 47.1 Å². The molecular formula is C51H55N9O9. The van der Waals surface area contributed by atoms with Crippen LogP contribution in [0.2, 0.25) is 0 Å². The number of aromatic nitrogens is 4. The Morgan fingerprint density at radius 2 is 1.25 bits per heavy atom. The average Bonchev–Trinajstić information content (AvgIpc) is 3.37. The van der Waals surface area contributed by atoms with Crippen LogP contribution in [-0.4, -0.2) is 91.7 Å². The van der Waals surface area contributed by atoms with Crippen LogP contribution in [0, 0.1) is 0 Å². The quantitative estimate of drug-likeness (QED) is 0.0523. The van der Waals surface area contributed by atoms with E-state index in [0.717, 1.165) is 33.2 Å². The monoisotopic (exact) mass is 937 g/mol. The largest absolute Gasteiger partial charge is 0.497 e. The van der Waals surface area contributed by atoms with Crippen LogP contribution in [0.15, 0.2) is 101 Å². The van der Waals surface area contributed by atoms with E-state index in [4.69, 9.17) is 28.9 Å². The number of hydroxylamine groups is 2. The Labute approximate surface area is 398 Å². The first-order chi connectivity index (χ1) is 33.5. The molecule has 7 aromatic rings. The van der Waals surface area contributed by atoms with Gasteiger partial charge in [-0.2, -0.15) is 0 Å². The molecule has 8 rings (SSSR count). The number of methoxy groups -OCH3 is 2. The Hall–Kier alpha value is -7.80. The minimum Gasteiger partial charge on any atom is -0.497 e. The SMILES string of the molecule is CCNc1cc2c(cn1)cc(-c1cc(OC)cc(C(=O)NOCCc3cc(Nc4cc5c(cn4)cc(-c4cc(OC)cc(C(=O)NOC)c4)c(=O)n5CC)ccc3N3CCOCC3)c1)c(=O)n2CC. The van der Waals surface area contributed by atoms with Gasteiger partial charge in [0.1, 0.15) is 23.1 Å². The lowest BCUT2D eigenvalue weighted by molar-refractivity contribution is 0.0324. The Bertz CT molecular complexity index is 3170. The predicted octanol–water partition coefficient (Wildman–Crippen LogP) is 6.70. The molecule has 358 valence electrons. The lowest BCUT2D eigenvalue weighted by Gasteiger charge is -2.31. The number of pyridine rings is 4. The Kier molecular flexibility index (Phi) is 14.8. The molecule has 2 amide bonds. The predicted molar refractivity (Wildman–Crippen MR) is 266 cm³/mol. The molecule has 5 heterocycles. The topological polar surface area (TPSA) is 201 Å². The maximum Gasteiger partial charge on any atom is 0.274 e. The third kappa shape index (κ3) is 10.4. The summed E-state index contributed by atoms with van der Waals surface area (Å²) >= 11 is 0. The normalized spacial score (nSPS) is 12.5. The van der Waals surface area contributed by atoms with Crippen molar-refractivity contribution < 1.29 is 33.5 Å². The molecule has 1 saturated heterocycles. The number of morpholine rings is 1. The molecule has 0 atom stereocenters. The van der Waals surface area contributed by atoms with Crippen molar-refractivity contribution in [2.75, 3.05) is 76.3 Å². The summed E-state index contributed by atoms with van der Waals surface area (Å²) < 4.78 is 20.0. The third-order valence-electron chi connectivity index (χ3n) is 11.9. The highest BCUT2D eigenvalue weighted by molar-refractivity contribution is 5.97. The third-order valence-corrected chi connectivity index (χ3v) is 11.9. The summed E-state index contributed by atoms with van der Waals surface area (Å²) in [4.78, 5) is 76.4. The lowest BCUT2D eigenvalue weighted by Crippen LogP contribution is -2.37. The van der Waals surface area contributed by atoms with E-state index in [1.165, 1.54) is 21.3 Å². The Balaban J connectivity index is 1.01. The number of rotatable bonds is 18. The number of hydrogen-bond acceptors (Lipinski definition) is 14. The van der Waals surface area contributed by atoms with Crippen LogP contribution in [0.5, 0.6) is 11.5 Å². The van der Waals surface area contributed by atoms with E-state index in [2.05, 4.69) is 31.5 Å². The molecule has 0 radical (unpaired) electrons. The molecule has 3 aromatic carbocycles. The van der Waals surface area contributed by atoms with Crippen LogP contribution in [-0.2, 0) is 33.9 Å². The van der Waals surface area contributed by atoms with Crippen molar-refractivity contribution >= 4 is 56.6 Å². The van der Waals surface area contributed by atoms with E-state index in [9.17, 15) is 19.2 Å². The van der Waals surface area contributed by atoms with Crippen molar-refractivity contribution in [1.29, 1.82) is 0 Å². The summed E-state index contributed by atoms with van der Waals surface area (Å²) in [5, 5.41) is 8.13. The zero-order valence-corrected chi connectivity index (χ0v) is 39.4. The molecule has 0 saturated carbocycles. The molecular weight excluding hydrogens is 883 g/mol.